The molecule has 0 spiro atoms. The second-order valence-corrected chi connectivity index (χ2v) is 4.11. The molecule has 0 saturated carbocycles. The molecule has 2 heterocycles. The van der Waals surface area contributed by atoms with Crippen molar-refractivity contribution in [2.45, 2.75) is 19.4 Å². The maximum Gasteiger partial charge on any atom is 0.320 e. The molecule has 0 fully saturated rings. The molecule has 0 aromatic carbocycles. The normalized spacial score (nSPS) is 12.6. The zero-order valence-electron chi connectivity index (χ0n) is 9.83. The summed E-state index contributed by atoms with van der Waals surface area (Å²) in [6.45, 7) is 1.75. The summed E-state index contributed by atoms with van der Waals surface area (Å²) in [5.74, 6) is -1.05. The van der Waals surface area contributed by atoms with Gasteiger partial charge in [-0.25, -0.2) is 4.98 Å². The molecule has 6 nitrogen and oxygen atoms in total. The molecule has 0 radical (unpaired) electrons. The van der Waals surface area contributed by atoms with Gasteiger partial charge in [-0.3, -0.25) is 14.0 Å². The topological polar surface area (TPSA) is 97.7 Å². The molecular weight excluding hydrogens is 234 g/mol. The highest BCUT2D eigenvalue weighted by molar-refractivity contribution is 5.76. The number of nitrogens with zero attached hydrogens (tertiary/aromatic N) is 2. The van der Waals surface area contributed by atoms with Gasteiger partial charge in [0.2, 0.25) is 0 Å². The fourth-order valence-corrected chi connectivity index (χ4v) is 1.83. The quantitative estimate of drug-likeness (QED) is 0.762. The van der Waals surface area contributed by atoms with Gasteiger partial charge in [-0.15, -0.1) is 0 Å². The third-order valence-corrected chi connectivity index (χ3v) is 2.79. The highest BCUT2D eigenvalue weighted by Gasteiger charge is 2.14. The third kappa shape index (κ3) is 2.10. The van der Waals surface area contributed by atoms with E-state index in [1.54, 1.807) is 29.7 Å². The Morgan fingerprint density at radius 1 is 1.61 bits per heavy atom. The van der Waals surface area contributed by atoms with Crippen LogP contribution in [0.4, 0.5) is 0 Å². The molecule has 6 heteroatoms. The van der Waals surface area contributed by atoms with Gasteiger partial charge in [-0.2, -0.15) is 0 Å². The number of carboxylic acids is 1. The van der Waals surface area contributed by atoms with Gasteiger partial charge >= 0.3 is 5.97 Å². The molecule has 1 atom stereocenters. The summed E-state index contributed by atoms with van der Waals surface area (Å²) in [6.07, 6.45) is 2.64. The molecule has 0 unspecified atom stereocenters. The highest BCUT2D eigenvalue weighted by atomic mass is 16.4. The average molecular weight is 247 g/mol. The number of carboxylic acid groups (broad SMARTS) is 1. The molecule has 2 aromatic rings. The van der Waals surface area contributed by atoms with Crippen LogP contribution in [-0.4, -0.2) is 32.8 Å². The van der Waals surface area contributed by atoms with E-state index >= 15 is 0 Å². The van der Waals surface area contributed by atoms with Crippen LogP contribution in [-0.2, 0) is 11.2 Å². The summed E-state index contributed by atoms with van der Waals surface area (Å²) in [5.41, 5.74) is 7.99. The Morgan fingerprint density at radius 2 is 2.33 bits per heavy atom. The zero-order valence-corrected chi connectivity index (χ0v) is 9.83. The summed E-state index contributed by atoms with van der Waals surface area (Å²) in [6, 6.07) is 2.55. The van der Waals surface area contributed by atoms with Crippen molar-refractivity contribution in [1.82, 2.24) is 9.38 Å². The molecule has 94 valence electrons. The van der Waals surface area contributed by atoms with Crippen molar-refractivity contribution >= 4 is 17.9 Å². The van der Waals surface area contributed by atoms with Crippen molar-refractivity contribution < 1.29 is 14.7 Å². The largest absolute Gasteiger partial charge is 0.480 e. The van der Waals surface area contributed by atoms with E-state index in [2.05, 4.69) is 4.98 Å². The highest BCUT2D eigenvalue weighted by Crippen LogP contribution is 2.12. The van der Waals surface area contributed by atoms with Crippen LogP contribution in [0.2, 0.25) is 0 Å². The first kappa shape index (κ1) is 12.3. The van der Waals surface area contributed by atoms with Crippen molar-refractivity contribution in [3.63, 3.8) is 0 Å². The number of rotatable bonds is 4. The first-order chi connectivity index (χ1) is 8.52. The van der Waals surface area contributed by atoms with Gasteiger partial charge in [0.05, 0.1) is 5.69 Å². The Balaban J connectivity index is 2.43. The molecule has 0 saturated heterocycles. The van der Waals surface area contributed by atoms with E-state index in [0.29, 0.717) is 17.0 Å². The molecule has 2 rings (SSSR count). The summed E-state index contributed by atoms with van der Waals surface area (Å²) in [4.78, 5) is 25.9. The first-order valence-electron chi connectivity index (χ1n) is 5.44. The number of fused-ring (bicyclic) bond motifs is 1. The van der Waals surface area contributed by atoms with Crippen LogP contribution in [0.1, 0.15) is 21.7 Å². The van der Waals surface area contributed by atoms with Gasteiger partial charge in [0, 0.05) is 6.20 Å². The van der Waals surface area contributed by atoms with E-state index in [1.165, 1.54) is 0 Å². The summed E-state index contributed by atoms with van der Waals surface area (Å²) < 4.78 is 1.65. The van der Waals surface area contributed by atoms with Crippen LogP contribution in [0.3, 0.4) is 0 Å². The summed E-state index contributed by atoms with van der Waals surface area (Å²) >= 11 is 0. The van der Waals surface area contributed by atoms with Gasteiger partial charge in [-0.05, 0) is 25.0 Å². The predicted molar refractivity (Wildman–Crippen MR) is 64.6 cm³/mol. The van der Waals surface area contributed by atoms with E-state index in [1.807, 2.05) is 0 Å². The van der Waals surface area contributed by atoms with E-state index in [9.17, 15) is 9.59 Å². The zero-order chi connectivity index (χ0) is 13.3. The third-order valence-electron chi connectivity index (χ3n) is 2.79. The van der Waals surface area contributed by atoms with E-state index < -0.39 is 12.0 Å². The summed E-state index contributed by atoms with van der Waals surface area (Å²) in [5, 5.41) is 8.76. The smallest absolute Gasteiger partial charge is 0.320 e. The maximum absolute atomic E-state index is 11.0. The maximum atomic E-state index is 11.0. The van der Waals surface area contributed by atoms with E-state index in [0.717, 1.165) is 11.8 Å². The average Bonchev–Trinajstić information content (AvgIpc) is 2.63. The summed E-state index contributed by atoms with van der Waals surface area (Å²) in [7, 11) is 0. The lowest BCUT2D eigenvalue weighted by Gasteiger charge is -2.07. The van der Waals surface area contributed by atoms with Crippen molar-refractivity contribution in [1.29, 1.82) is 0 Å². The predicted octanol–water partition coefficient (Wildman–Crippen LogP) is 0.410. The van der Waals surface area contributed by atoms with Crippen molar-refractivity contribution in [3.8, 4) is 0 Å². The van der Waals surface area contributed by atoms with Gasteiger partial charge in [0.15, 0.2) is 6.29 Å². The number of carbonyl (C=O) groups excluding carboxylic acids is 1. The van der Waals surface area contributed by atoms with Gasteiger partial charge in [0.1, 0.15) is 17.4 Å². The monoisotopic (exact) mass is 247 g/mol. The SMILES string of the molecule is Cc1nc2ccc(C[C@@H](N)C(=O)O)cn2c1C=O. The number of pyridine rings is 1. The number of imidazole rings is 1. The van der Waals surface area contributed by atoms with Crippen LogP contribution in [0.5, 0.6) is 0 Å². The first-order valence-corrected chi connectivity index (χ1v) is 5.44. The number of nitrogens with two attached hydrogens (primary N) is 1. The number of aryl methyl sites for hydroxylation is 1. The lowest BCUT2D eigenvalue weighted by atomic mass is 10.1. The van der Waals surface area contributed by atoms with Gasteiger partial charge < -0.3 is 10.8 Å². The Labute approximate surface area is 103 Å². The molecule has 0 bridgehead atoms. The number of hydrogen-bond acceptors (Lipinski definition) is 4. The van der Waals surface area contributed by atoms with Crippen LogP contribution in [0.15, 0.2) is 18.3 Å². The van der Waals surface area contributed by atoms with Gasteiger partial charge in [-0.1, -0.05) is 6.07 Å². The molecule has 0 aliphatic heterocycles. The standard InChI is InChI=1S/C12H13N3O3/c1-7-10(6-16)15-5-8(2-3-11(15)14-7)4-9(13)12(17)18/h2-3,5-6,9H,4,13H2,1H3,(H,17,18)/t9-/m1/s1. The van der Waals surface area contributed by atoms with Crippen LogP contribution >= 0.6 is 0 Å². The molecule has 0 aliphatic rings. The van der Waals surface area contributed by atoms with Crippen molar-refractivity contribution in [2.24, 2.45) is 5.73 Å². The molecule has 2 aromatic heterocycles. The van der Waals surface area contributed by atoms with E-state index in [-0.39, 0.29) is 6.42 Å². The molecule has 0 aliphatic carbocycles. The molecule has 3 N–H and O–H groups in total. The molecule has 18 heavy (non-hydrogen) atoms. The number of aromatic nitrogens is 2. The lowest BCUT2D eigenvalue weighted by molar-refractivity contribution is -0.138. The number of carbonyl (C=O) groups is 2. The van der Waals surface area contributed by atoms with E-state index in [4.69, 9.17) is 10.8 Å². The minimum absolute atomic E-state index is 0.209. The second kappa shape index (κ2) is 4.58. The Bertz CT molecular complexity index is 618. The molecule has 0 amide bonds. The number of hydrogen-bond donors (Lipinski definition) is 2. The Hall–Kier alpha value is -2.21. The molecular formula is C12H13N3O3. The lowest BCUT2D eigenvalue weighted by Crippen LogP contribution is -2.32. The van der Waals surface area contributed by atoms with Gasteiger partial charge in [0.25, 0.3) is 0 Å². The van der Waals surface area contributed by atoms with Crippen LogP contribution < -0.4 is 5.73 Å². The van der Waals surface area contributed by atoms with Crippen molar-refractivity contribution in [2.75, 3.05) is 0 Å². The van der Waals surface area contributed by atoms with Crippen LogP contribution in [0.25, 0.3) is 5.65 Å². The van der Waals surface area contributed by atoms with Crippen LogP contribution in [0, 0.1) is 6.92 Å². The minimum Gasteiger partial charge on any atom is -0.480 e. The fourth-order valence-electron chi connectivity index (χ4n) is 1.83. The fraction of sp³-hybridized carbons (Fsp3) is 0.250. The number of aliphatic carboxylic acids is 1. The number of aldehydes is 1. The minimum atomic E-state index is -1.05. The van der Waals surface area contributed by atoms with Crippen molar-refractivity contribution in [3.05, 3.63) is 35.3 Å². The second-order valence-electron chi connectivity index (χ2n) is 4.11. The Kier molecular flexibility index (Phi) is 3.12. The Morgan fingerprint density at radius 3 is 2.94 bits per heavy atom.